The van der Waals surface area contributed by atoms with E-state index in [1.54, 1.807) is 18.7 Å². The molecule has 5 heteroatoms. The van der Waals surface area contributed by atoms with Gasteiger partial charge in [-0.25, -0.2) is 4.79 Å². The Balaban J connectivity index is 3.75. The van der Waals surface area contributed by atoms with Crippen molar-refractivity contribution >= 4 is 17.8 Å². The van der Waals surface area contributed by atoms with Gasteiger partial charge in [0.05, 0.1) is 5.60 Å². The van der Waals surface area contributed by atoms with Crippen molar-refractivity contribution in [3.05, 3.63) is 0 Å². The Morgan fingerprint density at radius 1 is 1.57 bits per heavy atom. The molecule has 3 N–H and O–H groups in total. The zero-order chi connectivity index (χ0) is 11.2. The van der Waals surface area contributed by atoms with Gasteiger partial charge in [0.2, 0.25) is 0 Å². The summed E-state index contributed by atoms with van der Waals surface area (Å²) in [5.74, 6) is 0.606. The molecule has 0 rings (SSSR count). The first-order chi connectivity index (χ1) is 6.37. The number of amides is 2. The first-order valence-electron chi connectivity index (χ1n) is 4.63. The second-order valence-corrected chi connectivity index (χ2v) is 4.78. The Hall–Kier alpha value is -0.420. The highest BCUT2D eigenvalue weighted by Gasteiger charge is 2.20. The lowest BCUT2D eigenvalue weighted by molar-refractivity contribution is 0.0868. The molecule has 4 nitrogen and oxygen atoms in total. The van der Waals surface area contributed by atoms with Crippen LogP contribution in [0.4, 0.5) is 4.79 Å². The van der Waals surface area contributed by atoms with Crippen LogP contribution in [0.15, 0.2) is 0 Å². The van der Waals surface area contributed by atoms with Gasteiger partial charge >= 0.3 is 6.03 Å². The van der Waals surface area contributed by atoms with Crippen LogP contribution in [0.25, 0.3) is 0 Å². The van der Waals surface area contributed by atoms with Crippen molar-refractivity contribution < 1.29 is 9.90 Å². The quantitative estimate of drug-likeness (QED) is 0.642. The van der Waals surface area contributed by atoms with Gasteiger partial charge in [-0.15, -0.1) is 0 Å². The largest absolute Gasteiger partial charge is 0.387 e. The summed E-state index contributed by atoms with van der Waals surface area (Å²) in [6, 6.07) is -0.123. The number of carbonyl (C=O) groups excluding carboxylic acids is 1. The molecule has 14 heavy (non-hydrogen) atoms. The average molecular weight is 220 g/mol. The lowest BCUT2D eigenvalue weighted by Crippen LogP contribution is -2.47. The molecule has 1 atom stereocenters. The van der Waals surface area contributed by atoms with Crippen molar-refractivity contribution in [3.8, 4) is 0 Å². The highest BCUT2D eigenvalue weighted by Crippen LogP contribution is 2.08. The van der Waals surface area contributed by atoms with E-state index in [4.69, 9.17) is 0 Å². The molecular weight excluding hydrogens is 200 g/mol. The number of thioether (sulfide) groups is 1. The molecule has 0 aliphatic carbocycles. The summed E-state index contributed by atoms with van der Waals surface area (Å²) in [7, 11) is 0. The van der Waals surface area contributed by atoms with Gasteiger partial charge in [0.25, 0.3) is 0 Å². The fourth-order valence-electron chi connectivity index (χ4n) is 0.946. The van der Waals surface area contributed by atoms with Gasteiger partial charge in [0.15, 0.2) is 0 Å². The molecule has 0 aliphatic rings. The molecule has 0 saturated heterocycles. The van der Waals surface area contributed by atoms with E-state index >= 15 is 0 Å². The molecule has 0 aliphatic heterocycles. The van der Waals surface area contributed by atoms with Gasteiger partial charge in [0, 0.05) is 18.3 Å². The Labute approximate surface area is 89.8 Å². The first kappa shape index (κ1) is 13.6. The van der Waals surface area contributed by atoms with E-state index in [2.05, 4.69) is 10.6 Å². The number of rotatable bonds is 5. The van der Waals surface area contributed by atoms with Gasteiger partial charge in [-0.3, -0.25) is 0 Å². The molecule has 0 radical (unpaired) electrons. The van der Waals surface area contributed by atoms with Gasteiger partial charge in [-0.05, 0) is 27.0 Å². The molecule has 0 spiro atoms. The van der Waals surface area contributed by atoms with Crippen molar-refractivity contribution in [1.29, 1.82) is 0 Å². The Bertz CT molecular complexity index is 184. The summed E-state index contributed by atoms with van der Waals surface area (Å²) in [5.41, 5.74) is -0.840. The molecule has 0 saturated carbocycles. The SMILES string of the molecule is CSCC(C)(O)CNC(=O)NC(C)C. The van der Waals surface area contributed by atoms with Crippen molar-refractivity contribution in [1.82, 2.24) is 10.6 Å². The van der Waals surface area contributed by atoms with Crippen LogP contribution in [0, 0.1) is 0 Å². The smallest absolute Gasteiger partial charge is 0.315 e. The van der Waals surface area contributed by atoms with E-state index < -0.39 is 5.60 Å². The fraction of sp³-hybridized carbons (Fsp3) is 0.889. The number of carbonyl (C=O) groups is 1. The second-order valence-electron chi connectivity index (χ2n) is 3.91. The van der Waals surface area contributed by atoms with E-state index in [9.17, 15) is 9.90 Å². The van der Waals surface area contributed by atoms with Crippen LogP contribution in [-0.2, 0) is 0 Å². The van der Waals surface area contributed by atoms with Crippen molar-refractivity contribution in [2.45, 2.75) is 32.4 Å². The molecule has 0 fully saturated rings. The number of nitrogens with one attached hydrogen (secondary N) is 2. The topological polar surface area (TPSA) is 61.4 Å². The highest BCUT2D eigenvalue weighted by molar-refractivity contribution is 7.98. The lowest BCUT2D eigenvalue weighted by Gasteiger charge is -2.22. The van der Waals surface area contributed by atoms with Crippen LogP contribution in [0.3, 0.4) is 0 Å². The molecule has 0 bridgehead atoms. The van der Waals surface area contributed by atoms with Crippen LogP contribution in [0.2, 0.25) is 0 Å². The van der Waals surface area contributed by atoms with Crippen molar-refractivity contribution in [3.63, 3.8) is 0 Å². The molecule has 1 unspecified atom stereocenters. The maximum Gasteiger partial charge on any atom is 0.315 e. The number of aliphatic hydroxyl groups is 1. The Morgan fingerprint density at radius 2 is 2.14 bits per heavy atom. The molecule has 84 valence electrons. The molecule has 0 aromatic rings. The third kappa shape index (κ3) is 7.03. The zero-order valence-electron chi connectivity index (χ0n) is 9.26. The lowest BCUT2D eigenvalue weighted by atomic mass is 10.1. The van der Waals surface area contributed by atoms with E-state index in [0.29, 0.717) is 5.75 Å². The summed E-state index contributed by atoms with van der Waals surface area (Å²) in [5, 5.41) is 15.0. The van der Waals surface area contributed by atoms with Gasteiger partial charge in [0.1, 0.15) is 0 Å². The third-order valence-electron chi connectivity index (χ3n) is 1.50. The van der Waals surface area contributed by atoms with Crippen molar-refractivity contribution in [2.75, 3.05) is 18.6 Å². The van der Waals surface area contributed by atoms with Crippen LogP contribution >= 0.6 is 11.8 Å². The van der Waals surface area contributed by atoms with E-state index in [1.165, 1.54) is 0 Å². The normalized spacial score (nSPS) is 15.0. The van der Waals surface area contributed by atoms with E-state index in [-0.39, 0.29) is 18.6 Å². The van der Waals surface area contributed by atoms with Crippen LogP contribution in [-0.4, -0.2) is 41.3 Å². The predicted octanol–water partition coefficient (Wildman–Crippen LogP) is 0.808. The van der Waals surface area contributed by atoms with E-state index in [0.717, 1.165) is 0 Å². The summed E-state index contributed by atoms with van der Waals surface area (Å²) < 4.78 is 0. The molecule has 2 amide bonds. The van der Waals surface area contributed by atoms with Gasteiger partial charge < -0.3 is 15.7 Å². The Morgan fingerprint density at radius 3 is 2.57 bits per heavy atom. The average Bonchev–Trinajstić information content (AvgIpc) is 2.00. The summed E-state index contributed by atoms with van der Waals surface area (Å²) >= 11 is 1.55. The number of hydrogen-bond acceptors (Lipinski definition) is 3. The number of urea groups is 1. The van der Waals surface area contributed by atoms with E-state index in [1.807, 2.05) is 20.1 Å². The molecular formula is C9H20N2O2S. The maximum absolute atomic E-state index is 11.2. The highest BCUT2D eigenvalue weighted by atomic mass is 32.2. The molecule has 0 aromatic heterocycles. The molecule has 0 aromatic carbocycles. The predicted molar refractivity (Wildman–Crippen MR) is 60.7 cm³/mol. The summed E-state index contributed by atoms with van der Waals surface area (Å²) in [6.45, 7) is 5.75. The van der Waals surface area contributed by atoms with Crippen LogP contribution in [0.5, 0.6) is 0 Å². The monoisotopic (exact) mass is 220 g/mol. The van der Waals surface area contributed by atoms with Gasteiger partial charge in [-0.1, -0.05) is 0 Å². The van der Waals surface area contributed by atoms with Crippen LogP contribution < -0.4 is 10.6 Å². The zero-order valence-corrected chi connectivity index (χ0v) is 10.1. The van der Waals surface area contributed by atoms with Crippen molar-refractivity contribution in [2.24, 2.45) is 0 Å². The van der Waals surface area contributed by atoms with Crippen LogP contribution in [0.1, 0.15) is 20.8 Å². The second kappa shape index (κ2) is 6.14. The third-order valence-corrected chi connectivity index (χ3v) is 2.42. The minimum atomic E-state index is -0.840. The minimum Gasteiger partial charge on any atom is -0.387 e. The summed E-state index contributed by atoms with van der Waals surface area (Å²) in [4.78, 5) is 11.2. The fourth-order valence-corrected chi connectivity index (χ4v) is 1.67. The van der Waals surface area contributed by atoms with Gasteiger partial charge in [-0.2, -0.15) is 11.8 Å². The standard InChI is InChI=1S/C9H20N2O2S/c1-7(2)11-8(12)10-5-9(3,13)6-14-4/h7,13H,5-6H2,1-4H3,(H2,10,11,12). The Kier molecular flexibility index (Phi) is 5.95. The first-order valence-corrected chi connectivity index (χ1v) is 6.02. The molecule has 0 heterocycles. The minimum absolute atomic E-state index is 0.112. The summed E-state index contributed by atoms with van der Waals surface area (Å²) in [6.07, 6.45) is 1.92. The maximum atomic E-state index is 11.2. The number of hydrogen-bond donors (Lipinski definition) is 3.